The molecule has 0 unspecified atom stereocenters. The molecule has 0 atom stereocenters. The number of hydrogen-bond donors (Lipinski definition) is 0. The van der Waals surface area contributed by atoms with Crippen LogP contribution >= 0.6 is 0 Å². The van der Waals surface area contributed by atoms with Crippen LogP contribution in [0, 0.1) is 13.8 Å². The minimum absolute atomic E-state index is 0.0882. The van der Waals surface area contributed by atoms with Crippen molar-refractivity contribution in [2.45, 2.75) is 46.6 Å². The maximum absolute atomic E-state index is 12.2. The minimum atomic E-state index is -0.392. The number of carbonyl (C=O) groups is 1. The molecule has 150 valence electrons. The van der Waals surface area contributed by atoms with Crippen molar-refractivity contribution >= 4 is 12.0 Å². The van der Waals surface area contributed by atoms with E-state index in [2.05, 4.69) is 46.8 Å². The molecule has 0 heterocycles. The Balaban J connectivity index is 2.08. The monoisotopic (exact) mass is 382 g/mol. The second-order valence-electron chi connectivity index (χ2n) is 7.89. The van der Waals surface area contributed by atoms with Gasteiger partial charge < -0.3 is 14.2 Å². The number of benzene rings is 2. The molecule has 0 aliphatic carbocycles. The molecule has 0 spiro atoms. The van der Waals surface area contributed by atoms with Gasteiger partial charge in [0.15, 0.2) is 0 Å². The number of methoxy groups -OCH3 is 2. The van der Waals surface area contributed by atoms with E-state index in [9.17, 15) is 4.79 Å². The van der Waals surface area contributed by atoms with E-state index in [-0.39, 0.29) is 12.0 Å². The van der Waals surface area contributed by atoms with Gasteiger partial charge in [-0.1, -0.05) is 32.9 Å². The van der Waals surface area contributed by atoms with Gasteiger partial charge in [-0.05, 0) is 59.7 Å². The van der Waals surface area contributed by atoms with Crippen LogP contribution in [0.5, 0.6) is 11.5 Å². The summed E-state index contributed by atoms with van der Waals surface area (Å²) in [6.45, 7) is 11.0. The lowest BCUT2D eigenvalue weighted by molar-refractivity contribution is -0.138. The molecule has 28 heavy (non-hydrogen) atoms. The highest BCUT2D eigenvalue weighted by Crippen LogP contribution is 2.28. The first kappa shape index (κ1) is 21.5. The first-order valence-corrected chi connectivity index (χ1v) is 9.33. The number of aryl methyl sites for hydroxylation is 2. The van der Waals surface area contributed by atoms with Gasteiger partial charge in [0.2, 0.25) is 0 Å². The molecule has 0 amide bonds. The van der Waals surface area contributed by atoms with Crippen LogP contribution in [0.3, 0.4) is 0 Å². The third-order valence-electron chi connectivity index (χ3n) is 4.76. The molecule has 0 bridgehead atoms. The maximum atomic E-state index is 12.2. The lowest BCUT2D eigenvalue weighted by atomic mass is 9.84. The molecule has 0 aliphatic rings. The normalized spacial score (nSPS) is 11.5. The summed E-state index contributed by atoms with van der Waals surface area (Å²) in [5.74, 6) is 0.936. The lowest BCUT2D eigenvalue weighted by Gasteiger charge is -2.22. The average Bonchev–Trinajstić information content (AvgIpc) is 2.64. The Morgan fingerprint density at radius 1 is 1.00 bits per heavy atom. The highest BCUT2D eigenvalue weighted by molar-refractivity contribution is 5.87. The molecular weight excluding hydrogens is 352 g/mol. The van der Waals surface area contributed by atoms with Crippen LogP contribution in [0.25, 0.3) is 6.08 Å². The molecular formula is C24H30O4. The first-order valence-electron chi connectivity index (χ1n) is 9.33. The van der Waals surface area contributed by atoms with E-state index in [0.29, 0.717) is 11.5 Å². The van der Waals surface area contributed by atoms with Crippen LogP contribution in [0.15, 0.2) is 36.4 Å². The topological polar surface area (TPSA) is 44.8 Å². The zero-order valence-corrected chi connectivity index (χ0v) is 17.9. The van der Waals surface area contributed by atoms with Crippen LogP contribution in [0.4, 0.5) is 0 Å². The van der Waals surface area contributed by atoms with Crippen molar-refractivity contribution in [3.63, 3.8) is 0 Å². The maximum Gasteiger partial charge on any atom is 0.331 e. The van der Waals surface area contributed by atoms with Crippen molar-refractivity contribution in [2.75, 3.05) is 14.2 Å². The predicted octanol–water partition coefficient (Wildman–Crippen LogP) is 5.37. The van der Waals surface area contributed by atoms with Gasteiger partial charge in [-0.15, -0.1) is 0 Å². The van der Waals surface area contributed by atoms with Crippen molar-refractivity contribution < 1.29 is 19.0 Å². The highest BCUT2D eigenvalue weighted by Gasteiger charge is 2.16. The Morgan fingerprint density at radius 2 is 1.64 bits per heavy atom. The number of ether oxygens (including phenoxy) is 3. The molecule has 2 aromatic carbocycles. The zero-order chi connectivity index (χ0) is 20.9. The van der Waals surface area contributed by atoms with Crippen LogP contribution in [-0.2, 0) is 21.6 Å². The van der Waals surface area contributed by atoms with E-state index in [1.165, 1.54) is 11.6 Å². The van der Waals surface area contributed by atoms with Crippen molar-refractivity contribution in [3.05, 3.63) is 64.2 Å². The highest BCUT2D eigenvalue weighted by atomic mass is 16.5. The summed E-state index contributed by atoms with van der Waals surface area (Å²) in [7, 11) is 3.18. The first-order chi connectivity index (χ1) is 13.2. The Kier molecular flexibility index (Phi) is 6.90. The number of rotatable bonds is 6. The third kappa shape index (κ3) is 5.38. The van der Waals surface area contributed by atoms with Gasteiger partial charge in [0.1, 0.15) is 18.1 Å². The second kappa shape index (κ2) is 8.96. The van der Waals surface area contributed by atoms with E-state index in [4.69, 9.17) is 14.2 Å². The Bertz CT molecular complexity index is 850. The van der Waals surface area contributed by atoms with E-state index in [1.807, 2.05) is 12.1 Å². The molecule has 4 heteroatoms. The molecule has 4 nitrogen and oxygen atoms in total. The van der Waals surface area contributed by atoms with Crippen molar-refractivity contribution in [3.8, 4) is 11.5 Å². The Morgan fingerprint density at radius 3 is 2.18 bits per heavy atom. The molecule has 0 aliphatic heterocycles. The minimum Gasteiger partial charge on any atom is -0.497 e. The SMILES string of the molecule is COc1ccc(C=CC(=O)OCc2c(C)cc(C(C)(C)C)cc2C)c(OC)c1. The molecule has 0 aromatic heterocycles. The van der Waals surface area contributed by atoms with E-state index in [1.54, 1.807) is 26.4 Å². The Labute approximate surface area is 168 Å². The summed E-state index contributed by atoms with van der Waals surface area (Å²) in [6.07, 6.45) is 3.10. The number of hydrogen-bond acceptors (Lipinski definition) is 4. The third-order valence-corrected chi connectivity index (χ3v) is 4.76. The van der Waals surface area contributed by atoms with Gasteiger partial charge in [-0.25, -0.2) is 4.79 Å². The predicted molar refractivity (Wildman–Crippen MR) is 113 cm³/mol. The molecule has 2 rings (SSSR count). The van der Waals surface area contributed by atoms with Crippen LogP contribution < -0.4 is 9.47 Å². The summed E-state index contributed by atoms with van der Waals surface area (Å²) in [5, 5.41) is 0. The fourth-order valence-corrected chi connectivity index (χ4v) is 2.96. The fraction of sp³-hybridized carbons (Fsp3) is 0.375. The fourth-order valence-electron chi connectivity index (χ4n) is 2.96. The van der Waals surface area contributed by atoms with Gasteiger partial charge in [0.05, 0.1) is 14.2 Å². The van der Waals surface area contributed by atoms with E-state index in [0.717, 1.165) is 22.3 Å². The van der Waals surface area contributed by atoms with Gasteiger partial charge >= 0.3 is 5.97 Å². The van der Waals surface area contributed by atoms with E-state index < -0.39 is 5.97 Å². The number of esters is 1. The van der Waals surface area contributed by atoms with Crippen molar-refractivity contribution in [1.29, 1.82) is 0 Å². The van der Waals surface area contributed by atoms with Crippen LogP contribution in [0.1, 0.15) is 48.6 Å². The number of carbonyl (C=O) groups excluding carboxylic acids is 1. The second-order valence-corrected chi connectivity index (χ2v) is 7.89. The van der Waals surface area contributed by atoms with Crippen molar-refractivity contribution in [1.82, 2.24) is 0 Å². The van der Waals surface area contributed by atoms with E-state index >= 15 is 0 Å². The van der Waals surface area contributed by atoms with Gasteiger partial charge in [0, 0.05) is 17.7 Å². The van der Waals surface area contributed by atoms with Crippen LogP contribution in [-0.4, -0.2) is 20.2 Å². The van der Waals surface area contributed by atoms with Crippen molar-refractivity contribution in [2.24, 2.45) is 0 Å². The van der Waals surface area contributed by atoms with Crippen LogP contribution in [0.2, 0.25) is 0 Å². The summed E-state index contributed by atoms with van der Waals surface area (Å²) >= 11 is 0. The molecule has 0 radical (unpaired) electrons. The largest absolute Gasteiger partial charge is 0.497 e. The van der Waals surface area contributed by atoms with Gasteiger partial charge in [-0.3, -0.25) is 0 Å². The summed E-state index contributed by atoms with van der Waals surface area (Å²) < 4.78 is 16.0. The summed E-state index contributed by atoms with van der Waals surface area (Å²) in [5.41, 5.74) is 5.48. The van der Waals surface area contributed by atoms with Gasteiger partial charge in [0.25, 0.3) is 0 Å². The molecule has 0 saturated carbocycles. The quantitative estimate of drug-likeness (QED) is 0.497. The zero-order valence-electron chi connectivity index (χ0n) is 17.9. The molecule has 2 aromatic rings. The Hall–Kier alpha value is -2.75. The molecule has 0 fully saturated rings. The smallest absolute Gasteiger partial charge is 0.331 e. The summed E-state index contributed by atoms with van der Waals surface area (Å²) in [6, 6.07) is 9.77. The van der Waals surface area contributed by atoms with Gasteiger partial charge in [-0.2, -0.15) is 0 Å². The summed E-state index contributed by atoms with van der Waals surface area (Å²) in [4.78, 5) is 12.2. The molecule has 0 N–H and O–H groups in total. The average molecular weight is 383 g/mol. The molecule has 0 saturated heterocycles. The standard InChI is InChI=1S/C24H30O4/c1-16-12-19(24(3,4)5)13-17(2)21(16)15-28-23(25)11-9-18-8-10-20(26-6)14-22(18)27-7/h8-14H,15H2,1-7H3. The lowest BCUT2D eigenvalue weighted by Crippen LogP contribution is -2.13.